The van der Waals surface area contributed by atoms with Gasteiger partial charge in [0.15, 0.2) is 11.9 Å². The van der Waals surface area contributed by atoms with Gasteiger partial charge in [-0.15, -0.1) is 0 Å². The van der Waals surface area contributed by atoms with Crippen LogP contribution in [0.2, 0.25) is 0 Å². The van der Waals surface area contributed by atoms with Crippen molar-refractivity contribution < 1.29 is 19.8 Å². The van der Waals surface area contributed by atoms with Crippen molar-refractivity contribution in [1.82, 2.24) is 5.32 Å². The zero-order valence-electron chi connectivity index (χ0n) is 9.46. The van der Waals surface area contributed by atoms with Crippen LogP contribution in [0, 0.1) is 0 Å². The summed E-state index contributed by atoms with van der Waals surface area (Å²) >= 11 is 0. The second-order valence-electron chi connectivity index (χ2n) is 3.78. The molecular formula is C11H14BNO4. The van der Waals surface area contributed by atoms with E-state index in [-0.39, 0.29) is 12.2 Å². The molecule has 0 bridgehead atoms. The first-order valence-electron chi connectivity index (χ1n) is 5.22. The number of aliphatic hydroxyl groups excluding tert-OH is 1. The first kappa shape index (κ1) is 13.3. The summed E-state index contributed by atoms with van der Waals surface area (Å²) in [5, 5.41) is 20.7. The van der Waals surface area contributed by atoms with Gasteiger partial charge >= 0.3 is 5.97 Å². The van der Waals surface area contributed by atoms with Gasteiger partial charge in [0.05, 0.1) is 6.04 Å². The molecule has 6 heteroatoms. The predicted octanol–water partition coefficient (Wildman–Crippen LogP) is -0.614. The lowest BCUT2D eigenvalue weighted by atomic mass is 9.99. The first-order chi connectivity index (χ1) is 8.00. The maximum absolute atomic E-state index is 11.0. The number of nitrogens with one attached hydrogen (secondary N) is 1. The Morgan fingerprint density at radius 2 is 1.88 bits per heavy atom. The highest BCUT2D eigenvalue weighted by Crippen LogP contribution is 2.06. The molecule has 0 aromatic heterocycles. The molecule has 1 aromatic rings. The molecular weight excluding hydrogens is 221 g/mol. The summed E-state index contributed by atoms with van der Waals surface area (Å²) in [4.78, 5) is 21.7. The van der Waals surface area contributed by atoms with Gasteiger partial charge in [0, 0.05) is 0 Å². The molecule has 0 aliphatic rings. The quantitative estimate of drug-likeness (QED) is 0.594. The maximum Gasteiger partial charge on any atom is 0.334 e. The molecule has 1 rings (SSSR count). The molecule has 1 amide bonds. The van der Waals surface area contributed by atoms with E-state index in [4.69, 9.17) is 5.11 Å². The van der Waals surface area contributed by atoms with Gasteiger partial charge in [0.2, 0.25) is 7.85 Å². The fraction of sp³-hybridized carbons (Fsp3) is 0.273. The number of carboxylic acids is 1. The summed E-state index contributed by atoms with van der Waals surface area (Å²) in [5.41, 5.74) is 0.853. The van der Waals surface area contributed by atoms with Crippen LogP contribution in [0.3, 0.4) is 0 Å². The Kier molecular flexibility index (Phi) is 4.72. The van der Waals surface area contributed by atoms with E-state index in [1.807, 2.05) is 30.3 Å². The standard InChI is InChI=1S/C11H14BNO4/c12-11(17)13-8(9(14)10(15)16)6-7-4-2-1-3-5-7/h1-5,8-9,14H,6,12H2,(H,13,17)(H,15,16)/t8-,9-/m0/s1. The van der Waals surface area contributed by atoms with E-state index in [2.05, 4.69) is 5.32 Å². The van der Waals surface area contributed by atoms with Crippen molar-refractivity contribution in [2.75, 3.05) is 0 Å². The number of aliphatic hydroxyl groups is 1. The molecule has 0 unspecified atom stereocenters. The Morgan fingerprint density at radius 1 is 1.29 bits per heavy atom. The normalized spacial score (nSPS) is 13.7. The largest absolute Gasteiger partial charge is 0.479 e. The van der Waals surface area contributed by atoms with Crippen molar-refractivity contribution in [3.05, 3.63) is 35.9 Å². The minimum absolute atomic E-state index is 0.272. The van der Waals surface area contributed by atoms with Gasteiger partial charge in [-0.2, -0.15) is 0 Å². The van der Waals surface area contributed by atoms with Crippen LogP contribution in [-0.4, -0.2) is 42.0 Å². The molecule has 0 spiro atoms. The third kappa shape index (κ3) is 4.28. The van der Waals surface area contributed by atoms with Crippen LogP contribution < -0.4 is 5.32 Å². The third-order valence-electron chi connectivity index (χ3n) is 2.32. The Hall–Kier alpha value is -1.82. The van der Waals surface area contributed by atoms with Gasteiger partial charge in [-0.25, -0.2) is 4.79 Å². The molecule has 0 heterocycles. The lowest BCUT2D eigenvalue weighted by Gasteiger charge is -2.21. The number of aliphatic carboxylic acids is 1. The van der Waals surface area contributed by atoms with Gasteiger partial charge in [0.25, 0.3) is 0 Å². The number of benzene rings is 1. The van der Waals surface area contributed by atoms with Crippen molar-refractivity contribution in [1.29, 1.82) is 0 Å². The predicted molar refractivity (Wildman–Crippen MR) is 64.7 cm³/mol. The zero-order chi connectivity index (χ0) is 12.8. The Bertz CT molecular complexity index is 396. The van der Waals surface area contributed by atoms with E-state index in [0.29, 0.717) is 0 Å². The van der Waals surface area contributed by atoms with Crippen molar-refractivity contribution in [3.63, 3.8) is 0 Å². The van der Waals surface area contributed by atoms with Crippen LogP contribution >= 0.6 is 0 Å². The van der Waals surface area contributed by atoms with Crippen LogP contribution in [0.15, 0.2) is 30.3 Å². The molecule has 0 aliphatic carbocycles. The smallest absolute Gasteiger partial charge is 0.334 e. The van der Waals surface area contributed by atoms with Crippen LogP contribution in [-0.2, 0) is 11.2 Å². The highest BCUT2D eigenvalue weighted by molar-refractivity contribution is 6.57. The molecule has 0 saturated heterocycles. The topological polar surface area (TPSA) is 86.6 Å². The molecule has 0 fully saturated rings. The SMILES string of the molecule is BC(=O)N[C@@H](Cc1ccccc1)[C@H](O)C(=O)O. The molecule has 3 N–H and O–H groups in total. The number of carbonyl (C=O) groups is 2. The van der Waals surface area contributed by atoms with Crippen LogP contribution in [0.4, 0.5) is 4.79 Å². The average Bonchev–Trinajstić information content (AvgIpc) is 2.28. The summed E-state index contributed by atoms with van der Waals surface area (Å²) in [5.74, 6) is -1.72. The van der Waals surface area contributed by atoms with Gasteiger partial charge in [-0.3, -0.25) is 4.79 Å². The number of carbonyl (C=O) groups excluding carboxylic acids is 1. The second kappa shape index (κ2) is 6.05. The van der Waals surface area contributed by atoms with E-state index in [1.54, 1.807) is 0 Å². The van der Waals surface area contributed by atoms with E-state index in [9.17, 15) is 14.7 Å². The Balaban J connectivity index is 2.77. The van der Waals surface area contributed by atoms with Gasteiger partial charge in [0.1, 0.15) is 0 Å². The fourth-order valence-electron chi connectivity index (χ4n) is 1.54. The average molecular weight is 235 g/mol. The molecule has 0 aliphatic heterocycles. The first-order valence-corrected chi connectivity index (χ1v) is 5.22. The van der Waals surface area contributed by atoms with Crippen molar-refractivity contribution in [2.45, 2.75) is 18.6 Å². The minimum atomic E-state index is -1.61. The minimum Gasteiger partial charge on any atom is -0.479 e. The molecule has 90 valence electrons. The zero-order valence-corrected chi connectivity index (χ0v) is 9.46. The lowest BCUT2D eigenvalue weighted by Crippen LogP contribution is -2.48. The molecule has 5 nitrogen and oxygen atoms in total. The maximum atomic E-state index is 11.0. The Morgan fingerprint density at radius 3 is 2.35 bits per heavy atom. The fourth-order valence-corrected chi connectivity index (χ4v) is 1.54. The summed E-state index contributed by atoms with van der Waals surface area (Å²) in [6.45, 7) is 0. The summed E-state index contributed by atoms with van der Waals surface area (Å²) in [6, 6.07) is 8.25. The molecule has 17 heavy (non-hydrogen) atoms. The molecule has 0 radical (unpaired) electrons. The summed E-state index contributed by atoms with van der Waals surface area (Å²) in [6.07, 6.45) is -1.34. The molecule has 2 atom stereocenters. The van der Waals surface area contributed by atoms with Crippen molar-refractivity contribution in [2.24, 2.45) is 0 Å². The molecule has 1 aromatic carbocycles. The van der Waals surface area contributed by atoms with Crippen LogP contribution in [0.5, 0.6) is 0 Å². The lowest BCUT2D eigenvalue weighted by molar-refractivity contribution is -0.147. The summed E-state index contributed by atoms with van der Waals surface area (Å²) in [7, 11) is 1.28. The highest BCUT2D eigenvalue weighted by atomic mass is 16.4. The Labute approximate surface area is 99.9 Å². The highest BCUT2D eigenvalue weighted by Gasteiger charge is 2.26. The van der Waals surface area contributed by atoms with Gasteiger partial charge < -0.3 is 15.5 Å². The van der Waals surface area contributed by atoms with Crippen LogP contribution in [0.25, 0.3) is 0 Å². The van der Waals surface area contributed by atoms with Crippen LogP contribution in [0.1, 0.15) is 5.56 Å². The molecule has 0 saturated carbocycles. The third-order valence-corrected chi connectivity index (χ3v) is 2.32. The number of carboxylic acid groups (broad SMARTS) is 1. The second-order valence-corrected chi connectivity index (χ2v) is 3.78. The monoisotopic (exact) mass is 235 g/mol. The number of hydrogen-bond acceptors (Lipinski definition) is 3. The number of amides is 1. The van der Waals surface area contributed by atoms with E-state index < -0.39 is 18.1 Å². The van der Waals surface area contributed by atoms with E-state index in [1.165, 1.54) is 7.85 Å². The van der Waals surface area contributed by atoms with Crippen molar-refractivity contribution in [3.8, 4) is 0 Å². The number of rotatable bonds is 5. The van der Waals surface area contributed by atoms with E-state index in [0.717, 1.165) is 5.56 Å². The van der Waals surface area contributed by atoms with Gasteiger partial charge in [-0.05, 0) is 12.0 Å². The van der Waals surface area contributed by atoms with Crippen molar-refractivity contribution >= 4 is 19.6 Å². The summed E-state index contributed by atoms with van der Waals surface area (Å²) < 4.78 is 0. The van der Waals surface area contributed by atoms with E-state index >= 15 is 0 Å². The number of hydrogen-bond donors (Lipinski definition) is 3. The van der Waals surface area contributed by atoms with Gasteiger partial charge in [-0.1, -0.05) is 30.3 Å².